The molecule has 0 saturated heterocycles. The van der Waals surface area contributed by atoms with Crippen LogP contribution in [0.4, 0.5) is 0 Å². The van der Waals surface area contributed by atoms with E-state index in [9.17, 15) is 5.11 Å². The molecule has 0 spiro atoms. The molecule has 0 saturated carbocycles. The lowest BCUT2D eigenvalue weighted by atomic mass is 9.91. The van der Waals surface area contributed by atoms with Crippen LogP contribution < -0.4 is 5.32 Å². The lowest BCUT2D eigenvalue weighted by molar-refractivity contribution is 0.0226. The van der Waals surface area contributed by atoms with Crippen LogP contribution in [0.3, 0.4) is 0 Å². The van der Waals surface area contributed by atoms with Gasteiger partial charge in [0.05, 0.1) is 18.8 Å². The Kier molecular flexibility index (Phi) is 7.06. The minimum atomic E-state index is -0.494. The van der Waals surface area contributed by atoms with Crippen molar-refractivity contribution in [1.29, 1.82) is 0 Å². The van der Waals surface area contributed by atoms with E-state index in [1.54, 1.807) is 0 Å². The second-order valence-corrected chi connectivity index (χ2v) is 5.44. The molecule has 1 unspecified atom stereocenters. The molecule has 0 aliphatic rings. The number of hydrogen-bond acceptors (Lipinski definition) is 3. The zero-order valence-electron chi connectivity index (χ0n) is 12.4. The number of benzene rings is 1. The van der Waals surface area contributed by atoms with E-state index in [2.05, 4.69) is 26.1 Å². The van der Waals surface area contributed by atoms with Gasteiger partial charge in [-0.1, -0.05) is 51.1 Å². The van der Waals surface area contributed by atoms with Gasteiger partial charge in [-0.05, 0) is 24.4 Å². The van der Waals surface area contributed by atoms with Gasteiger partial charge in [0.15, 0.2) is 0 Å². The minimum Gasteiger partial charge on any atom is -0.394 e. The molecule has 0 fully saturated rings. The van der Waals surface area contributed by atoms with E-state index < -0.39 is 5.54 Å². The van der Waals surface area contributed by atoms with Crippen molar-refractivity contribution >= 4 is 0 Å². The summed E-state index contributed by atoms with van der Waals surface area (Å²) in [6, 6.07) is 10.1. The van der Waals surface area contributed by atoms with Crippen LogP contribution in [0.15, 0.2) is 30.3 Å². The van der Waals surface area contributed by atoms with Crippen molar-refractivity contribution in [3.63, 3.8) is 0 Å². The normalized spacial score (nSPS) is 14.6. The monoisotopic (exact) mass is 265 g/mol. The Labute approximate surface area is 117 Å². The highest BCUT2D eigenvalue weighted by Crippen LogP contribution is 2.21. The Morgan fingerprint density at radius 3 is 2.47 bits per heavy atom. The van der Waals surface area contributed by atoms with Gasteiger partial charge in [-0.2, -0.15) is 0 Å². The maximum Gasteiger partial charge on any atom is 0.0905 e. The molecule has 1 rings (SSSR count). The molecule has 3 heteroatoms. The molecule has 0 aliphatic carbocycles. The van der Waals surface area contributed by atoms with E-state index in [1.807, 2.05) is 30.3 Å². The summed E-state index contributed by atoms with van der Waals surface area (Å²) in [7, 11) is 0. The molecule has 3 nitrogen and oxygen atoms in total. The zero-order chi connectivity index (χ0) is 14.1. The van der Waals surface area contributed by atoms with Gasteiger partial charge < -0.3 is 15.2 Å². The van der Waals surface area contributed by atoms with Crippen LogP contribution in [0.25, 0.3) is 0 Å². The van der Waals surface area contributed by atoms with Crippen LogP contribution in [0.5, 0.6) is 0 Å². The van der Waals surface area contributed by atoms with Crippen molar-refractivity contribution in [2.75, 3.05) is 26.4 Å². The number of nitrogens with one attached hydrogen (secondary N) is 1. The second kappa shape index (κ2) is 8.31. The second-order valence-electron chi connectivity index (χ2n) is 5.44. The Morgan fingerprint density at radius 2 is 1.95 bits per heavy atom. The molecule has 19 heavy (non-hydrogen) atoms. The SMILES string of the molecule is CCCNC(CO)(COCC(C)C)c1ccccc1. The summed E-state index contributed by atoms with van der Waals surface area (Å²) in [5.74, 6) is 0.498. The molecule has 0 amide bonds. The van der Waals surface area contributed by atoms with Gasteiger partial charge in [0, 0.05) is 6.61 Å². The summed E-state index contributed by atoms with van der Waals surface area (Å²) in [4.78, 5) is 0. The molecule has 1 aromatic carbocycles. The molecule has 0 heterocycles. The lowest BCUT2D eigenvalue weighted by Crippen LogP contribution is -2.50. The predicted octanol–water partition coefficient (Wildman–Crippen LogP) is 2.55. The van der Waals surface area contributed by atoms with Crippen molar-refractivity contribution in [3.05, 3.63) is 35.9 Å². The van der Waals surface area contributed by atoms with Gasteiger partial charge in [-0.25, -0.2) is 0 Å². The third-order valence-corrected chi connectivity index (χ3v) is 3.11. The van der Waals surface area contributed by atoms with E-state index in [0.29, 0.717) is 19.1 Å². The molecular formula is C16H27NO2. The van der Waals surface area contributed by atoms with E-state index in [-0.39, 0.29) is 6.61 Å². The first kappa shape index (κ1) is 16.2. The Bertz CT molecular complexity index is 340. The summed E-state index contributed by atoms with van der Waals surface area (Å²) in [5, 5.41) is 13.3. The number of aliphatic hydroxyl groups excluding tert-OH is 1. The maximum absolute atomic E-state index is 9.88. The Balaban J connectivity index is 2.81. The number of hydrogen-bond donors (Lipinski definition) is 2. The van der Waals surface area contributed by atoms with Crippen molar-refractivity contribution in [1.82, 2.24) is 5.32 Å². The smallest absolute Gasteiger partial charge is 0.0905 e. The summed E-state index contributed by atoms with van der Waals surface area (Å²) < 4.78 is 5.78. The Morgan fingerprint density at radius 1 is 1.26 bits per heavy atom. The number of aliphatic hydroxyl groups is 1. The van der Waals surface area contributed by atoms with E-state index in [0.717, 1.165) is 18.5 Å². The van der Waals surface area contributed by atoms with Crippen LogP contribution in [0.1, 0.15) is 32.8 Å². The van der Waals surface area contributed by atoms with Crippen LogP contribution in [-0.4, -0.2) is 31.5 Å². The maximum atomic E-state index is 9.88. The first-order valence-corrected chi connectivity index (χ1v) is 7.13. The summed E-state index contributed by atoms with van der Waals surface area (Å²) in [5.41, 5.74) is 0.585. The highest BCUT2D eigenvalue weighted by Gasteiger charge is 2.31. The highest BCUT2D eigenvalue weighted by atomic mass is 16.5. The fourth-order valence-electron chi connectivity index (χ4n) is 2.02. The zero-order valence-corrected chi connectivity index (χ0v) is 12.4. The summed E-state index contributed by atoms with van der Waals surface area (Å²) in [6.45, 7) is 8.48. The first-order valence-electron chi connectivity index (χ1n) is 7.13. The van der Waals surface area contributed by atoms with Crippen LogP contribution in [-0.2, 0) is 10.3 Å². The molecule has 0 aromatic heterocycles. The fourth-order valence-corrected chi connectivity index (χ4v) is 2.02. The molecule has 0 radical (unpaired) electrons. The minimum absolute atomic E-state index is 0.0368. The molecule has 2 N–H and O–H groups in total. The van der Waals surface area contributed by atoms with Gasteiger partial charge in [0.25, 0.3) is 0 Å². The van der Waals surface area contributed by atoms with E-state index >= 15 is 0 Å². The fraction of sp³-hybridized carbons (Fsp3) is 0.625. The largest absolute Gasteiger partial charge is 0.394 e. The molecule has 108 valence electrons. The van der Waals surface area contributed by atoms with Gasteiger partial charge >= 0.3 is 0 Å². The van der Waals surface area contributed by atoms with Crippen molar-refractivity contribution < 1.29 is 9.84 Å². The van der Waals surface area contributed by atoms with Crippen molar-refractivity contribution in [2.45, 2.75) is 32.7 Å². The molecule has 0 aliphatic heterocycles. The molecule has 0 bridgehead atoms. The average molecular weight is 265 g/mol. The van der Waals surface area contributed by atoms with Gasteiger partial charge in [-0.3, -0.25) is 0 Å². The first-order chi connectivity index (χ1) is 9.14. The standard InChI is InChI=1S/C16H27NO2/c1-4-10-17-16(12-18,13-19-11-14(2)3)15-8-6-5-7-9-15/h5-9,14,17-18H,4,10-13H2,1-3H3. The van der Waals surface area contributed by atoms with E-state index in [1.165, 1.54) is 0 Å². The number of rotatable bonds is 9. The van der Waals surface area contributed by atoms with Crippen LogP contribution in [0.2, 0.25) is 0 Å². The third-order valence-electron chi connectivity index (χ3n) is 3.11. The van der Waals surface area contributed by atoms with Gasteiger partial charge in [0.2, 0.25) is 0 Å². The highest BCUT2D eigenvalue weighted by molar-refractivity contribution is 5.25. The van der Waals surface area contributed by atoms with Gasteiger partial charge in [0.1, 0.15) is 0 Å². The van der Waals surface area contributed by atoms with Gasteiger partial charge in [-0.15, -0.1) is 0 Å². The van der Waals surface area contributed by atoms with Crippen molar-refractivity contribution in [3.8, 4) is 0 Å². The topological polar surface area (TPSA) is 41.5 Å². The third kappa shape index (κ3) is 4.94. The average Bonchev–Trinajstić information content (AvgIpc) is 2.43. The summed E-state index contributed by atoms with van der Waals surface area (Å²) >= 11 is 0. The van der Waals surface area contributed by atoms with Crippen molar-refractivity contribution in [2.24, 2.45) is 5.92 Å². The quantitative estimate of drug-likeness (QED) is 0.721. The predicted molar refractivity (Wildman–Crippen MR) is 79.2 cm³/mol. The van der Waals surface area contributed by atoms with Crippen LogP contribution >= 0.6 is 0 Å². The van der Waals surface area contributed by atoms with Crippen LogP contribution in [0, 0.1) is 5.92 Å². The molecule has 1 atom stereocenters. The summed E-state index contributed by atoms with van der Waals surface area (Å²) in [6.07, 6.45) is 1.03. The lowest BCUT2D eigenvalue weighted by Gasteiger charge is -2.34. The number of ether oxygens (including phenoxy) is 1. The van der Waals surface area contributed by atoms with E-state index in [4.69, 9.17) is 4.74 Å². The molecular weight excluding hydrogens is 238 g/mol. The Hall–Kier alpha value is -0.900. The molecule has 1 aromatic rings.